The Morgan fingerprint density at radius 2 is 1.67 bits per heavy atom. The van der Waals surface area contributed by atoms with Gasteiger partial charge in [0.2, 0.25) is 5.91 Å². The van der Waals surface area contributed by atoms with Crippen molar-refractivity contribution in [1.82, 2.24) is 0 Å². The average molecular weight is 368 g/mol. The van der Waals surface area contributed by atoms with Gasteiger partial charge in [0.1, 0.15) is 0 Å². The van der Waals surface area contributed by atoms with Crippen LogP contribution in [0.1, 0.15) is 43.6 Å². The summed E-state index contributed by atoms with van der Waals surface area (Å²) in [5, 5.41) is 5.38. The van der Waals surface area contributed by atoms with Gasteiger partial charge in [0.05, 0.1) is 5.56 Å². The van der Waals surface area contributed by atoms with E-state index in [4.69, 9.17) is 4.74 Å². The van der Waals surface area contributed by atoms with Gasteiger partial charge < -0.3 is 15.4 Å². The molecule has 2 aromatic rings. The molecule has 0 atom stereocenters. The molecule has 0 aromatic heterocycles. The fourth-order valence-corrected chi connectivity index (χ4v) is 2.57. The second-order valence-corrected chi connectivity index (χ2v) is 7.18. The molecule has 0 heterocycles. The summed E-state index contributed by atoms with van der Waals surface area (Å²) < 4.78 is 5.08. The van der Waals surface area contributed by atoms with Crippen LogP contribution in [-0.4, -0.2) is 24.4 Å². The third-order valence-corrected chi connectivity index (χ3v) is 3.76. The SMILES string of the molecule is CC(=O)Nc1cccc(C(=O)OCC(=O)Nc2ccccc2C(C)(C)C)c1. The number of carbonyl (C=O) groups is 3. The number of rotatable bonds is 5. The Labute approximate surface area is 158 Å². The standard InChI is InChI=1S/C21H24N2O4/c1-14(24)22-16-9-7-8-15(12-16)20(26)27-13-19(25)23-18-11-6-5-10-17(18)21(2,3)4/h5-12H,13H2,1-4H3,(H,22,24)(H,23,25). The second-order valence-electron chi connectivity index (χ2n) is 7.18. The van der Waals surface area contributed by atoms with Gasteiger partial charge in [0, 0.05) is 18.3 Å². The third-order valence-electron chi connectivity index (χ3n) is 3.76. The van der Waals surface area contributed by atoms with E-state index in [0.717, 1.165) is 5.56 Å². The lowest BCUT2D eigenvalue weighted by atomic mass is 9.86. The molecular weight excluding hydrogens is 344 g/mol. The highest BCUT2D eigenvalue weighted by Gasteiger charge is 2.19. The first kappa shape index (κ1) is 20.2. The van der Waals surface area contributed by atoms with E-state index in [0.29, 0.717) is 11.4 Å². The summed E-state index contributed by atoms with van der Waals surface area (Å²) in [6.07, 6.45) is 0. The Bertz CT molecular complexity index is 853. The Hall–Kier alpha value is -3.15. The molecule has 0 spiro atoms. The Morgan fingerprint density at radius 3 is 2.33 bits per heavy atom. The molecule has 0 saturated carbocycles. The number of nitrogens with one attached hydrogen (secondary N) is 2. The number of amides is 2. The minimum absolute atomic E-state index is 0.134. The van der Waals surface area contributed by atoms with Crippen molar-refractivity contribution in [3.8, 4) is 0 Å². The predicted molar refractivity (Wildman–Crippen MR) is 105 cm³/mol. The van der Waals surface area contributed by atoms with Crippen molar-refractivity contribution in [3.05, 3.63) is 59.7 Å². The summed E-state index contributed by atoms with van der Waals surface area (Å²) in [5.74, 6) is -1.29. The summed E-state index contributed by atoms with van der Waals surface area (Å²) in [6.45, 7) is 7.15. The zero-order chi connectivity index (χ0) is 20.0. The summed E-state index contributed by atoms with van der Waals surface area (Å²) in [4.78, 5) is 35.4. The van der Waals surface area contributed by atoms with E-state index in [1.165, 1.54) is 13.0 Å². The van der Waals surface area contributed by atoms with Crippen molar-refractivity contribution in [1.29, 1.82) is 0 Å². The maximum absolute atomic E-state index is 12.2. The smallest absolute Gasteiger partial charge is 0.338 e. The van der Waals surface area contributed by atoms with Crippen molar-refractivity contribution in [2.75, 3.05) is 17.2 Å². The molecule has 0 bridgehead atoms. The molecule has 0 aliphatic carbocycles. The molecule has 142 valence electrons. The van der Waals surface area contributed by atoms with Gasteiger partial charge >= 0.3 is 5.97 Å². The number of carbonyl (C=O) groups excluding carboxylic acids is 3. The summed E-state index contributed by atoms with van der Waals surface area (Å²) >= 11 is 0. The molecule has 0 aliphatic rings. The highest BCUT2D eigenvalue weighted by atomic mass is 16.5. The van der Waals surface area contributed by atoms with Gasteiger partial charge in [-0.05, 0) is 35.2 Å². The molecular formula is C21H24N2O4. The molecule has 2 rings (SSSR count). The fourth-order valence-electron chi connectivity index (χ4n) is 2.57. The molecule has 6 heteroatoms. The Kier molecular flexibility index (Phi) is 6.34. The van der Waals surface area contributed by atoms with Crippen molar-refractivity contribution in [2.24, 2.45) is 0 Å². The minimum Gasteiger partial charge on any atom is -0.452 e. The van der Waals surface area contributed by atoms with Crippen LogP contribution in [0.15, 0.2) is 48.5 Å². The van der Waals surface area contributed by atoms with Crippen LogP contribution >= 0.6 is 0 Å². The largest absolute Gasteiger partial charge is 0.452 e. The highest BCUT2D eigenvalue weighted by molar-refractivity contribution is 5.97. The van der Waals surface area contributed by atoms with E-state index in [2.05, 4.69) is 31.4 Å². The lowest BCUT2D eigenvalue weighted by Crippen LogP contribution is -2.23. The zero-order valence-corrected chi connectivity index (χ0v) is 16.0. The van der Waals surface area contributed by atoms with Gasteiger partial charge in [-0.2, -0.15) is 0 Å². The van der Waals surface area contributed by atoms with Crippen molar-refractivity contribution >= 4 is 29.2 Å². The molecule has 0 aliphatic heterocycles. The van der Waals surface area contributed by atoms with Crippen molar-refractivity contribution < 1.29 is 19.1 Å². The lowest BCUT2D eigenvalue weighted by molar-refractivity contribution is -0.119. The number of hydrogen-bond acceptors (Lipinski definition) is 4. The van der Waals surface area contributed by atoms with E-state index >= 15 is 0 Å². The number of hydrogen-bond donors (Lipinski definition) is 2. The van der Waals surface area contributed by atoms with Gasteiger partial charge in [0.15, 0.2) is 6.61 Å². The minimum atomic E-state index is -0.638. The van der Waals surface area contributed by atoms with Gasteiger partial charge in [-0.25, -0.2) is 4.79 Å². The predicted octanol–water partition coefficient (Wildman–Crippen LogP) is 3.74. The van der Waals surface area contributed by atoms with Crippen LogP contribution < -0.4 is 10.6 Å². The Balaban J connectivity index is 1.98. The summed E-state index contributed by atoms with van der Waals surface area (Å²) in [6, 6.07) is 13.9. The lowest BCUT2D eigenvalue weighted by Gasteiger charge is -2.22. The normalized spacial score (nSPS) is 10.8. The fraction of sp³-hybridized carbons (Fsp3) is 0.286. The van der Waals surface area contributed by atoms with Crippen LogP contribution in [0, 0.1) is 0 Å². The van der Waals surface area contributed by atoms with Crippen molar-refractivity contribution in [2.45, 2.75) is 33.1 Å². The number of esters is 1. The van der Waals surface area contributed by atoms with Gasteiger partial charge in [-0.15, -0.1) is 0 Å². The number of anilines is 2. The van der Waals surface area contributed by atoms with Gasteiger partial charge in [-0.3, -0.25) is 9.59 Å². The van der Waals surface area contributed by atoms with Crippen LogP contribution in [0.2, 0.25) is 0 Å². The average Bonchev–Trinajstić information content (AvgIpc) is 2.59. The molecule has 6 nitrogen and oxygen atoms in total. The first-order valence-corrected chi connectivity index (χ1v) is 8.61. The van der Waals surface area contributed by atoms with E-state index in [1.54, 1.807) is 18.2 Å². The summed E-state index contributed by atoms with van der Waals surface area (Å²) in [7, 11) is 0. The monoisotopic (exact) mass is 368 g/mol. The number of para-hydroxylation sites is 1. The maximum Gasteiger partial charge on any atom is 0.338 e. The van der Waals surface area contributed by atoms with Gasteiger partial charge in [0.25, 0.3) is 5.91 Å². The van der Waals surface area contributed by atoms with Crippen LogP contribution in [0.3, 0.4) is 0 Å². The van der Waals surface area contributed by atoms with Gasteiger partial charge in [-0.1, -0.05) is 45.0 Å². The molecule has 0 unspecified atom stereocenters. The topological polar surface area (TPSA) is 84.5 Å². The molecule has 27 heavy (non-hydrogen) atoms. The summed E-state index contributed by atoms with van der Waals surface area (Å²) in [5.41, 5.74) is 2.29. The Morgan fingerprint density at radius 1 is 0.963 bits per heavy atom. The van der Waals surface area contributed by atoms with Crippen LogP contribution in [0.5, 0.6) is 0 Å². The molecule has 0 fully saturated rings. The van der Waals surface area contributed by atoms with E-state index in [1.807, 2.05) is 24.3 Å². The highest BCUT2D eigenvalue weighted by Crippen LogP contribution is 2.29. The first-order chi connectivity index (χ1) is 12.7. The number of benzene rings is 2. The van der Waals surface area contributed by atoms with E-state index in [-0.39, 0.29) is 16.9 Å². The molecule has 0 saturated heterocycles. The third kappa shape index (κ3) is 5.95. The van der Waals surface area contributed by atoms with Crippen LogP contribution in [-0.2, 0) is 19.7 Å². The molecule has 2 N–H and O–H groups in total. The quantitative estimate of drug-likeness (QED) is 0.788. The molecule has 2 aromatic carbocycles. The van der Waals surface area contributed by atoms with Crippen molar-refractivity contribution in [3.63, 3.8) is 0 Å². The second kappa shape index (κ2) is 8.49. The zero-order valence-electron chi connectivity index (χ0n) is 16.0. The van der Waals surface area contributed by atoms with E-state index < -0.39 is 18.5 Å². The number of ether oxygens (including phenoxy) is 1. The maximum atomic E-state index is 12.2. The van der Waals surface area contributed by atoms with Crippen LogP contribution in [0.25, 0.3) is 0 Å². The molecule has 0 radical (unpaired) electrons. The molecule has 2 amide bonds. The first-order valence-electron chi connectivity index (χ1n) is 8.61. The van der Waals surface area contributed by atoms with Crippen LogP contribution in [0.4, 0.5) is 11.4 Å². The van der Waals surface area contributed by atoms with E-state index in [9.17, 15) is 14.4 Å².